The highest BCUT2D eigenvalue weighted by Gasteiger charge is 2.30. The van der Waals surface area contributed by atoms with Crippen LogP contribution in [0.1, 0.15) is 19.8 Å². The first-order valence-electron chi connectivity index (χ1n) is 3.82. The van der Waals surface area contributed by atoms with Crippen LogP contribution in [0.25, 0.3) is 0 Å². The zero-order valence-electron chi connectivity index (χ0n) is 6.58. The minimum absolute atomic E-state index is 0.134. The maximum atomic E-state index is 10.4. The number of hydrogen-bond acceptors (Lipinski definition) is 3. The smallest absolute Gasteiger partial charge is 0.302 e. The fourth-order valence-corrected chi connectivity index (χ4v) is 1.21. The first kappa shape index (κ1) is 8.24. The second-order valence-electron chi connectivity index (χ2n) is 2.94. The Bertz CT molecular complexity index is 165. The molecular weight excluding hydrogens is 144 g/mol. The Morgan fingerprint density at radius 1 is 1.64 bits per heavy atom. The summed E-state index contributed by atoms with van der Waals surface area (Å²) in [5, 5.41) is 0. The second-order valence-corrected chi connectivity index (χ2v) is 2.94. The van der Waals surface area contributed by atoms with Crippen molar-refractivity contribution in [1.82, 2.24) is 0 Å². The van der Waals surface area contributed by atoms with Crippen LogP contribution in [0, 0.1) is 11.8 Å². The highest BCUT2D eigenvalue weighted by atomic mass is 16.5. The van der Waals surface area contributed by atoms with Gasteiger partial charge in [0.25, 0.3) is 0 Å². The lowest BCUT2D eigenvalue weighted by Gasteiger charge is -2.31. The lowest BCUT2D eigenvalue weighted by molar-refractivity contribution is -0.145. The average molecular weight is 156 g/mol. The monoisotopic (exact) mass is 156 g/mol. The van der Waals surface area contributed by atoms with Gasteiger partial charge in [-0.05, 0) is 12.8 Å². The van der Waals surface area contributed by atoms with Crippen LogP contribution >= 0.6 is 0 Å². The molecule has 0 heterocycles. The first-order chi connectivity index (χ1) is 5.24. The van der Waals surface area contributed by atoms with Gasteiger partial charge in [0.1, 0.15) is 6.29 Å². The quantitative estimate of drug-likeness (QED) is 0.448. The van der Waals surface area contributed by atoms with Gasteiger partial charge in [0, 0.05) is 18.8 Å². The van der Waals surface area contributed by atoms with E-state index in [1.54, 1.807) is 0 Å². The highest BCUT2D eigenvalue weighted by molar-refractivity contribution is 5.66. The van der Waals surface area contributed by atoms with Crippen molar-refractivity contribution >= 4 is 12.3 Å². The number of rotatable bonds is 3. The Labute approximate surface area is 65.7 Å². The van der Waals surface area contributed by atoms with E-state index in [9.17, 15) is 9.59 Å². The van der Waals surface area contributed by atoms with Gasteiger partial charge < -0.3 is 9.53 Å². The van der Waals surface area contributed by atoms with E-state index < -0.39 is 0 Å². The minimum atomic E-state index is -0.262. The molecule has 0 saturated heterocycles. The molecule has 0 aromatic carbocycles. The Morgan fingerprint density at radius 3 is 2.73 bits per heavy atom. The molecule has 0 N–H and O–H groups in total. The van der Waals surface area contributed by atoms with Gasteiger partial charge in [-0.1, -0.05) is 0 Å². The third-order valence-electron chi connectivity index (χ3n) is 2.15. The molecule has 0 unspecified atom stereocenters. The summed E-state index contributed by atoms with van der Waals surface area (Å²) in [7, 11) is 0. The summed E-state index contributed by atoms with van der Waals surface area (Å²) in [4.78, 5) is 20.7. The molecule has 62 valence electrons. The Kier molecular flexibility index (Phi) is 2.63. The summed E-state index contributed by atoms with van der Waals surface area (Å²) in [5.41, 5.74) is 0. The van der Waals surface area contributed by atoms with E-state index >= 15 is 0 Å². The summed E-state index contributed by atoms with van der Waals surface area (Å²) >= 11 is 0. The molecule has 0 aromatic heterocycles. The Balaban J connectivity index is 2.17. The molecule has 1 rings (SSSR count). The van der Waals surface area contributed by atoms with Gasteiger partial charge in [-0.25, -0.2) is 0 Å². The van der Waals surface area contributed by atoms with E-state index in [0.717, 1.165) is 19.1 Å². The van der Waals surface area contributed by atoms with Gasteiger partial charge in [0.15, 0.2) is 0 Å². The first-order valence-corrected chi connectivity index (χ1v) is 3.82. The maximum absolute atomic E-state index is 10.4. The van der Waals surface area contributed by atoms with E-state index in [4.69, 9.17) is 4.74 Å². The van der Waals surface area contributed by atoms with Crippen LogP contribution in [-0.4, -0.2) is 18.9 Å². The minimum Gasteiger partial charge on any atom is -0.466 e. The van der Waals surface area contributed by atoms with Gasteiger partial charge in [-0.15, -0.1) is 0 Å². The van der Waals surface area contributed by atoms with Crippen LogP contribution in [0.2, 0.25) is 0 Å². The number of aldehydes is 1. The van der Waals surface area contributed by atoms with Crippen molar-refractivity contribution in [3.8, 4) is 0 Å². The van der Waals surface area contributed by atoms with E-state index in [2.05, 4.69) is 0 Å². The third-order valence-corrected chi connectivity index (χ3v) is 2.15. The van der Waals surface area contributed by atoms with Gasteiger partial charge in [0.05, 0.1) is 6.61 Å². The number of carbonyl (C=O) groups excluding carboxylic acids is 2. The van der Waals surface area contributed by atoms with Crippen molar-refractivity contribution in [1.29, 1.82) is 0 Å². The lowest BCUT2D eigenvalue weighted by atomic mass is 9.75. The average Bonchev–Trinajstić information content (AvgIpc) is 1.86. The lowest BCUT2D eigenvalue weighted by Crippen LogP contribution is -2.31. The van der Waals surface area contributed by atoms with Crippen LogP contribution in [0.4, 0.5) is 0 Å². The van der Waals surface area contributed by atoms with Gasteiger partial charge in [-0.2, -0.15) is 0 Å². The van der Waals surface area contributed by atoms with Crippen molar-refractivity contribution in [3.05, 3.63) is 0 Å². The molecule has 1 aliphatic rings. The molecule has 1 fully saturated rings. The second kappa shape index (κ2) is 3.51. The molecule has 1 aliphatic carbocycles. The summed E-state index contributed by atoms with van der Waals surface area (Å²) in [6.45, 7) is 1.80. The third kappa shape index (κ3) is 2.03. The van der Waals surface area contributed by atoms with E-state index in [-0.39, 0.29) is 17.8 Å². The van der Waals surface area contributed by atoms with Crippen LogP contribution in [0.15, 0.2) is 0 Å². The zero-order chi connectivity index (χ0) is 8.27. The van der Waals surface area contributed by atoms with Crippen molar-refractivity contribution in [3.63, 3.8) is 0 Å². The van der Waals surface area contributed by atoms with E-state index in [1.807, 2.05) is 0 Å². The van der Waals surface area contributed by atoms with Gasteiger partial charge in [0.2, 0.25) is 0 Å². The van der Waals surface area contributed by atoms with Gasteiger partial charge >= 0.3 is 5.97 Å². The van der Waals surface area contributed by atoms with Crippen LogP contribution in [-0.2, 0) is 14.3 Å². The summed E-state index contributed by atoms with van der Waals surface area (Å²) in [6.07, 6.45) is 2.92. The van der Waals surface area contributed by atoms with Gasteiger partial charge in [-0.3, -0.25) is 4.79 Å². The molecule has 0 spiro atoms. The largest absolute Gasteiger partial charge is 0.466 e. The molecule has 3 nitrogen and oxygen atoms in total. The number of hydrogen-bond donors (Lipinski definition) is 0. The van der Waals surface area contributed by atoms with Crippen LogP contribution in [0.3, 0.4) is 0 Å². The molecule has 0 aromatic rings. The summed E-state index contributed by atoms with van der Waals surface area (Å²) < 4.78 is 4.78. The summed E-state index contributed by atoms with van der Waals surface area (Å²) in [6, 6.07) is 0. The Morgan fingerprint density at radius 2 is 2.36 bits per heavy atom. The van der Waals surface area contributed by atoms with E-state index in [0.29, 0.717) is 6.61 Å². The molecule has 2 atom stereocenters. The SMILES string of the molecule is CC(=O)OC[C@H]1CC[C@@H]1C=O. The predicted octanol–water partition coefficient (Wildman–Crippen LogP) is 0.775. The highest BCUT2D eigenvalue weighted by Crippen LogP contribution is 2.32. The molecule has 0 amide bonds. The molecule has 0 aliphatic heterocycles. The normalized spacial score (nSPS) is 28.8. The molecule has 0 radical (unpaired) electrons. The van der Waals surface area contributed by atoms with E-state index in [1.165, 1.54) is 6.92 Å². The van der Waals surface area contributed by atoms with Crippen molar-refractivity contribution < 1.29 is 14.3 Å². The standard InChI is InChI=1S/C8H12O3/c1-6(10)11-5-8-3-2-7(8)4-9/h4,7-8H,2-3,5H2,1H3/t7-,8-/m1/s1. The molecule has 1 saturated carbocycles. The number of esters is 1. The zero-order valence-corrected chi connectivity index (χ0v) is 6.58. The van der Waals surface area contributed by atoms with Crippen molar-refractivity contribution in [2.45, 2.75) is 19.8 Å². The van der Waals surface area contributed by atoms with Crippen LogP contribution < -0.4 is 0 Å². The molecule has 11 heavy (non-hydrogen) atoms. The molecular formula is C8H12O3. The number of ether oxygens (including phenoxy) is 1. The fraction of sp³-hybridized carbons (Fsp3) is 0.750. The fourth-order valence-electron chi connectivity index (χ4n) is 1.21. The molecule has 3 heteroatoms. The van der Waals surface area contributed by atoms with Crippen molar-refractivity contribution in [2.75, 3.05) is 6.61 Å². The van der Waals surface area contributed by atoms with Crippen LogP contribution in [0.5, 0.6) is 0 Å². The van der Waals surface area contributed by atoms with Crippen molar-refractivity contribution in [2.24, 2.45) is 11.8 Å². The number of carbonyl (C=O) groups is 2. The maximum Gasteiger partial charge on any atom is 0.302 e. The Hall–Kier alpha value is -0.860. The molecule has 0 bridgehead atoms. The summed E-state index contributed by atoms with van der Waals surface area (Å²) in [5.74, 6) is 0.160. The predicted molar refractivity (Wildman–Crippen MR) is 38.9 cm³/mol. The topological polar surface area (TPSA) is 43.4 Å².